The van der Waals surface area contributed by atoms with Gasteiger partial charge < -0.3 is 9.73 Å². The molecule has 0 spiro atoms. The molecular formula is C15H23NO. The summed E-state index contributed by atoms with van der Waals surface area (Å²) in [6.07, 6.45) is 6.65. The fraction of sp³-hybridized carbons (Fsp3) is 0.733. The number of hydrogen-bond acceptors (Lipinski definition) is 2. The molecule has 2 nitrogen and oxygen atoms in total. The molecule has 2 atom stereocenters. The Bertz CT molecular complexity index is 389. The zero-order chi connectivity index (χ0) is 11.9. The number of hydrogen-bond donors (Lipinski definition) is 1. The molecule has 0 aromatic carbocycles. The molecule has 17 heavy (non-hydrogen) atoms. The standard InChI is InChI=1S/C15H23NO/c1-11-9-13(11)14-6-5-12(17-14)10-16-15(2)7-3-4-8-15/h5-6,11,13,16H,3-4,7-10H2,1-2H3. The van der Waals surface area contributed by atoms with E-state index in [2.05, 4.69) is 31.3 Å². The van der Waals surface area contributed by atoms with E-state index in [9.17, 15) is 0 Å². The van der Waals surface area contributed by atoms with Crippen molar-refractivity contribution < 1.29 is 4.42 Å². The van der Waals surface area contributed by atoms with Gasteiger partial charge in [0.05, 0.1) is 6.54 Å². The summed E-state index contributed by atoms with van der Waals surface area (Å²) in [5.74, 6) is 3.83. The van der Waals surface area contributed by atoms with E-state index in [1.165, 1.54) is 37.9 Å². The van der Waals surface area contributed by atoms with E-state index in [-0.39, 0.29) is 0 Å². The highest BCUT2D eigenvalue weighted by molar-refractivity contribution is 5.17. The van der Waals surface area contributed by atoms with Crippen molar-refractivity contribution in [3.05, 3.63) is 23.7 Å². The van der Waals surface area contributed by atoms with Gasteiger partial charge in [-0.05, 0) is 44.2 Å². The van der Waals surface area contributed by atoms with Gasteiger partial charge in [0.25, 0.3) is 0 Å². The third-order valence-electron chi connectivity index (χ3n) is 4.55. The van der Waals surface area contributed by atoms with Gasteiger partial charge in [0.15, 0.2) is 0 Å². The average Bonchev–Trinajstić information content (AvgIpc) is 2.76. The monoisotopic (exact) mass is 233 g/mol. The summed E-state index contributed by atoms with van der Waals surface area (Å²) in [4.78, 5) is 0. The van der Waals surface area contributed by atoms with Crippen molar-refractivity contribution in [3.8, 4) is 0 Å². The van der Waals surface area contributed by atoms with Crippen LogP contribution in [0.2, 0.25) is 0 Å². The predicted molar refractivity (Wildman–Crippen MR) is 68.9 cm³/mol. The molecule has 1 aromatic heterocycles. The quantitative estimate of drug-likeness (QED) is 0.855. The lowest BCUT2D eigenvalue weighted by Crippen LogP contribution is -2.38. The Morgan fingerprint density at radius 2 is 2.06 bits per heavy atom. The maximum absolute atomic E-state index is 5.92. The zero-order valence-electron chi connectivity index (χ0n) is 11.0. The summed E-state index contributed by atoms with van der Waals surface area (Å²) in [7, 11) is 0. The minimum atomic E-state index is 0.347. The first-order valence-electron chi connectivity index (χ1n) is 7.00. The maximum Gasteiger partial charge on any atom is 0.117 e. The molecule has 2 aliphatic carbocycles. The zero-order valence-corrected chi connectivity index (χ0v) is 11.0. The van der Waals surface area contributed by atoms with Crippen LogP contribution in [0, 0.1) is 5.92 Å². The van der Waals surface area contributed by atoms with Crippen LogP contribution in [0.4, 0.5) is 0 Å². The number of nitrogens with one attached hydrogen (secondary N) is 1. The molecule has 2 heteroatoms. The maximum atomic E-state index is 5.92. The van der Waals surface area contributed by atoms with Crippen LogP contribution in [-0.2, 0) is 6.54 Å². The SMILES string of the molecule is CC1CC1c1ccc(CNC2(C)CCCC2)o1. The molecule has 0 aliphatic heterocycles. The smallest absolute Gasteiger partial charge is 0.117 e. The topological polar surface area (TPSA) is 25.2 Å². The largest absolute Gasteiger partial charge is 0.464 e. The molecule has 2 fully saturated rings. The highest BCUT2D eigenvalue weighted by Gasteiger charge is 2.36. The molecular weight excluding hydrogens is 210 g/mol. The van der Waals surface area contributed by atoms with Crippen molar-refractivity contribution in [3.63, 3.8) is 0 Å². The molecule has 2 unspecified atom stereocenters. The lowest BCUT2D eigenvalue weighted by molar-refractivity contribution is 0.337. The van der Waals surface area contributed by atoms with Gasteiger partial charge >= 0.3 is 0 Å². The van der Waals surface area contributed by atoms with Crippen LogP contribution >= 0.6 is 0 Å². The number of rotatable bonds is 4. The van der Waals surface area contributed by atoms with E-state index in [0.717, 1.165) is 18.2 Å². The van der Waals surface area contributed by atoms with Crippen LogP contribution in [-0.4, -0.2) is 5.54 Å². The van der Waals surface area contributed by atoms with E-state index < -0.39 is 0 Å². The summed E-state index contributed by atoms with van der Waals surface area (Å²) in [6.45, 7) is 5.52. The van der Waals surface area contributed by atoms with E-state index in [4.69, 9.17) is 4.42 Å². The lowest BCUT2D eigenvalue weighted by Gasteiger charge is -2.24. The fourth-order valence-corrected chi connectivity index (χ4v) is 3.04. The second kappa shape index (κ2) is 4.16. The Kier molecular flexibility index (Phi) is 2.78. The Balaban J connectivity index is 1.56. The van der Waals surface area contributed by atoms with E-state index in [1.54, 1.807) is 0 Å². The van der Waals surface area contributed by atoms with Crippen molar-refractivity contribution in [2.75, 3.05) is 0 Å². The van der Waals surface area contributed by atoms with E-state index >= 15 is 0 Å². The van der Waals surface area contributed by atoms with E-state index in [0.29, 0.717) is 11.5 Å². The molecule has 2 aliphatic rings. The van der Waals surface area contributed by atoms with E-state index in [1.807, 2.05) is 0 Å². The normalized spacial score (nSPS) is 30.7. The van der Waals surface area contributed by atoms with Crippen LogP contribution < -0.4 is 5.32 Å². The minimum Gasteiger partial charge on any atom is -0.464 e. The van der Waals surface area contributed by atoms with Crippen molar-refractivity contribution in [2.45, 2.75) is 64.0 Å². The minimum absolute atomic E-state index is 0.347. The Labute approximate surface area is 104 Å². The van der Waals surface area contributed by atoms with Gasteiger partial charge in [-0.25, -0.2) is 0 Å². The third kappa shape index (κ3) is 2.42. The highest BCUT2D eigenvalue weighted by Crippen LogP contribution is 2.47. The lowest BCUT2D eigenvalue weighted by atomic mass is 10.0. The van der Waals surface area contributed by atoms with Crippen LogP contribution in [0.5, 0.6) is 0 Å². The van der Waals surface area contributed by atoms with Gasteiger partial charge in [0.2, 0.25) is 0 Å². The van der Waals surface area contributed by atoms with Crippen molar-refractivity contribution in [1.82, 2.24) is 5.32 Å². The highest BCUT2D eigenvalue weighted by atomic mass is 16.3. The molecule has 3 rings (SSSR count). The second-order valence-electron chi connectivity index (χ2n) is 6.24. The first-order chi connectivity index (χ1) is 8.16. The first kappa shape index (κ1) is 11.3. The van der Waals surface area contributed by atoms with Gasteiger partial charge in [-0.2, -0.15) is 0 Å². The molecule has 0 amide bonds. The predicted octanol–water partition coefficient (Wildman–Crippen LogP) is 3.83. The third-order valence-corrected chi connectivity index (χ3v) is 4.55. The molecule has 0 saturated heterocycles. The van der Waals surface area contributed by atoms with Crippen LogP contribution in [0.25, 0.3) is 0 Å². The number of furan rings is 1. The van der Waals surface area contributed by atoms with Crippen molar-refractivity contribution in [1.29, 1.82) is 0 Å². The summed E-state index contributed by atoms with van der Waals surface area (Å²) in [5.41, 5.74) is 0.347. The Morgan fingerprint density at radius 1 is 1.35 bits per heavy atom. The van der Waals surface area contributed by atoms with Gasteiger partial charge in [0, 0.05) is 11.5 Å². The fourth-order valence-electron chi connectivity index (χ4n) is 3.04. The van der Waals surface area contributed by atoms with Gasteiger partial charge in [-0.1, -0.05) is 19.8 Å². The molecule has 0 bridgehead atoms. The van der Waals surface area contributed by atoms with Crippen LogP contribution in [0.1, 0.15) is 63.4 Å². The molecule has 1 heterocycles. The van der Waals surface area contributed by atoms with Gasteiger partial charge in [0.1, 0.15) is 11.5 Å². The molecule has 94 valence electrons. The van der Waals surface area contributed by atoms with Crippen molar-refractivity contribution >= 4 is 0 Å². The molecule has 1 aromatic rings. The summed E-state index contributed by atoms with van der Waals surface area (Å²) in [5, 5.41) is 3.66. The summed E-state index contributed by atoms with van der Waals surface area (Å²) >= 11 is 0. The Morgan fingerprint density at radius 3 is 2.71 bits per heavy atom. The summed E-state index contributed by atoms with van der Waals surface area (Å²) in [6, 6.07) is 4.31. The van der Waals surface area contributed by atoms with Crippen LogP contribution in [0.3, 0.4) is 0 Å². The molecule has 0 radical (unpaired) electrons. The van der Waals surface area contributed by atoms with Crippen LogP contribution in [0.15, 0.2) is 16.5 Å². The van der Waals surface area contributed by atoms with Gasteiger partial charge in [-0.15, -0.1) is 0 Å². The molecule has 1 N–H and O–H groups in total. The average molecular weight is 233 g/mol. The first-order valence-corrected chi connectivity index (χ1v) is 7.00. The summed E-state index contributed by atoms with van der Waals surface area (Å²) < 4.78 is 5.92. The Hall–Kier alpha value is -0.760. The molecule has 2 saturated carbocycles. The second-order valence-corrected chi connectivity index (χ2v) is 6.24. The van der Waals surface area contributed by atoms with Gasteiger partial charge in [-0.3, -0.25) is 0 Å². The van der Waals surface area contributed by atoms with Crippen molar-refractivity contribution in [2.24, 2.45) is 5.92 Å².